The van der Waals surface area contributed by atoms with Crippen molar-refractivity contribution in [1.29, 1.82) is 0 Å². The molecule has 3 aromatic carbocycles. The molecule has 0 fully saturated rings. The van der Waals surface area contributed by atoms with E-state index in [-0.39, 0.29) is 23.2 Å². The zero-order chi connectivity index (χ0) is 26.7. The van der Waals surface area contributed by atoms with Gasteiger partial charge < -0.3 is 15.4 Å². The predicted octanol–water partition coefficient (Wildman–Crippen LogP) is 5.17. The Balaban J connectivity index is 1.44. The molecule has 0 radical (unpaired) electrons. The van der Waals surface area contributed by atoms with Gasteiger partial charge in [-0.15, -0.1) is 0 Å². The van der Waals surface area contributed by atoms with Crippen LogP contribution in [0, 0.1) is 13.8 Å². The fourth-order valence-corrected chi connectivity index (χ4v) is 3.96. The lowest BCUT2D eigenvalue weighted by atomic mass is 10.1. The van der Waals surface area contributed by atoms with Crippen LogP contribution < -0.4 is 15.5 Å². The zero-order valence-corrected chi connectivity index (χ0v) is 21.2. The Bertz CT molecular complexity index is 1430. The highest BCUT2D eigenvalue weighted by molar-refractivity contribution is 6.53. The largest absolute Gasteiger partial charge is 0.462 e. The maximum absolute atomic E-state index is 13.1. The van der Waals surface area contributed by atoms with E-state index in [0.717, 1.165) is 16.0 Å². The van der Waals surface area contributed by atoms with Crippen LogP contribution in [0.5, 0.6) is 0 Å². The number of imide groups is 1. The van der Waals surface area contributed by atoms with Crippen molar-refractivity contribution in [3.8, 4) is 0 Å². The van der Waals surface area contributed by atoms with Crippen LogP contribution in [0.2, 0.25) is 0 Å². The van der Waals surface area contributed by atoms with Gasteiger partial charge in [0.15, 0.2) is 0 Å². The van der Waals surface area contributed by atoms with Gasteiger partial charge in [0.2, 0.25) is 0 Å². The van der Waals surface area contributed by atoms with Crippen molar-refractivity contribution in [2.24, 2.45) is 0 Å². The van der Waals surface area contributed by atoms with Gasteiger partial charge in [-0.1, -0.05) is 23.7 Å². The summed E-state index contributed by atoms with van der Waals surface area (Å²) in [7, 11) is 0. The Kier molecular flexibility index (Phi) is 7.40. The normalized spacial score (nSPS) is 13.1. The molecule has 4 rings (SSSR count). The summed E-state index contributed by atoms with van der Waals surface area (Å²) < 4.78 is 4.95. The van der Waals surface area contributed by atoms with Crippen molar-refractivity contribution in [2.45, 2.75) is 20.8 Å². The van der Waals surface area contributed by atoms with Crippen LogP contribution in [0.25, 0.3) is 0 Å². The van der Waals surface area contributed by atoms with Gasteiger partial charge in [-0.2, -0.15) is 0 Å². The maximum Gasteiger partial charge on any atom is 0.338 e. The number of carbonyl (C=O) groups is 4. The van der Waals surface area contributed by atoms with Gasteiger partial charge in [-0.05, 0) is 86.5 Å². The first-order valence-electron chi connectivity index (χ1n) is 11.5. The summed E-state index contributed by atoms with van der Waals surface area (Å²) in [6.45, 7) is 5.69. The third-order valence-electron chi connectivity index (χ3n) is 5.70. The number of carbonyl (C=O) groups excluding carboxylic acids is 4. The molecule has 188 valence electrons. The monoisotopic (exact) mass is 517 g/mol. The first-order valence-corrected chi connectivity index (χ1v) is 11.9. The van der Waals surface area contributed by atoms with Crippen LogP contribution in [0.1, 0.15) is 38.8 Å². The van der Waals surface area contributed by atoms with E-state index in [4.69, 9.17) is 16.3 Å². The number of aryl methyl sites for hydroxylation is 2. The molecule has 1 aliphatic heterocycles. The second-order valence-corrected chi connectivity index (χ2v) is 8.76. The summed E-state index contributed by atoms with van der Waals surface area (Å²) in [6.07, 6.45) is 0. The van der Waals surface area contributed by atoms with E-state index < -0.39 is 17.8 Å². The lowest BCUT2D eigenvalue weighted by Gasteiger charge is -2.18. The number of benzene rings is 3. The molecule has 1 heterocycles. The molecule has 0 aliphatic carbocycles. The molecule has 0 spiro atoms. The third kappa shape index (κ3) is 5.39. The number of esters is 1. The molecule has 3 aromatic rings. The first-order chi connectivity index (χ1) is 17.7. The van der Waals surface area contributed by atoms with Gasteiger partial charge in [-0.25, -0.2) is 9.69 Å². The van der Waals surface area contributed by atoms with Gasteiger partial charge in [0.05, 0.1) is 17.9 Å². The standard InChI is InChI=1S/C28H24ClN3O5/c1-4-37-28(36)19-9-13-21(14-10-19)31-25(33)18-7-11-20(12-8-18)30-24-23(29)26(34)32(27(24)35)22-15-16(2)5-6-17(22)3/h5-15,30H,4H2,1-3H3,(H,31,33). The molecular weight excluding hydrogens is 494 g/mol. The Morgan fingerprint density at radius 2 is 1.49 bits per heavy atom. The van der Waals surface area contributed by atoms with Crippen molar-refractivity contribution < 1.29 is 23.9 Å². The number of rotatable bonds is 7. The lowest BCUT2D eigenvalue weighted by molar-refractivity contribution is -0.120. The number of nitrogens with zero attached hydrogens (tertiary/aromatic N) is 1. The average molecular weight is 518 g/mol. The molecule has 8 nitrogen and oxygen atoms in total. The van der Waals surface area contributed by atoms with E-state index in [9.17, 15) is 19.2 Å². The summed E-state index contributed by atoms with van der Waals surface area (Å²) in [4.78, 5) is 51.3. The van der Waals surface area contributed by atoms with E-state index in [1.165, 1.54) is 0 Å². The summed E-state index contributed by atoms with van der Waals surface area (Å²) in [5, 5.41) is 5.45. The highest BCUT2D eigenvalue weighted by atomic mass is 35.5. The molecule has 2 N–H and O–H groups in total. The van der Waals surface area contributed by atoms with Gasteiger partial charge in [-0.3, -0.25) is 14.4 Å². The number of nitrogens with one attached hydrogen (secondary N) is 2. The minimum Gasteiger partial charge on any atom is -0.462 e. The van der Waals surface area contributed by atoms with Gasteiger partial charge in [0, 0.05) is 16.9 Å². The van der Waals surface area contributed by atoms with Crippen LogP contribution in [-0.2, 0) is 14.3 Å². The molecule has 0 saturated heterocycles. The molecule has 0 bridgehead atoms. The van der Waals surface area contributed by atoms with Crippen LogP contribution in [0.15, 0.2) is 77.5 Å². The molecular formula is C28H24ClN3O5. The third-order valence-corrected chi connectivity index (χ3v) is 6.05. The molecule has 9 heteroatoms. The molecule has 0 unspecified atom stereocenters. The number of amides is 3. The molecule has 1 aliphatic rings. The second-order valence-electron chi connectivity index (χ2n) is 8.38. The molecule has 37 heavy (non-hydrogen) atoms. The topological polar surface area (TPSA) is 105 Å². The van der Waals surface area contributed by atoms with E-state index in [1.54, 1.807) is 61.5 Å². The summed E-state index contributed by atoms with van der Waals surface area (Å²) in [6, 6.07) is 18.2. The van der Waals surface area contributed by atoms with E-state index >= 15 is 0 Å². The summed E-state index contributed by atoms with van der Waals surface area (Å²) >= 11 is 6.24. The number of hydrogen-bond acceptors (Lipinski definition) is 6. The predicted molar refractivity (Wildman–Crippen MR) is 142 cm³/mol. The van der Waals surface area contributed by atoms with Crippen molar-refractivity contribution in [2.75, 3.05) is 22.1 Å². The quantitative estimate of drug-likeness (QED) is 0.331. The number of ether oxygens (including phenoxy) is 1. The van der Waals surface area contributed by atoms with Crippen molar-refractivity contribution in [3.05, 3.63) is 99.7 Å². The average Bonchev–Trinajstić information content (AvgIpc) is 3.09. The molecule has 0 aromatic heterocycles. The number of anilines is 3. The summed E-state index contributed by atoms with van der Waals surface area (Å²) in [5.41, 5.74) is 3.86. The second kappa shape index (κ2) is 10.7. The Morgan fingerprint density at radius 1 is 0.865 bits per heavy atom. The maximum atomic E-state index is 13.1. The van der Waals surface area contributed by atoms with Gasteiger partial charge >= 0.3 is 5.97 Å². The smallest absolute Gasteiger partial charge is 0.338 e. The SMILES string of the molecule is CCOC(=O)c1ccc(NC(=O)c2ccc(NC3=C(Cl)C(=O)N(c4cc(C)ccc4C)C3=O)cc2)cc1. The Hall–Kier alpha value is -4.43. The Labute approximate surface area is 218 Å². The number of halogens is 1. The van der Waals surface area contributed by atoms with Gasteiger partial charge in [0.1, 0.15) is 10.7 Å². The zero-order valence-electron chi connectivity index (χ0n) is 20.4. The summed E-state index contributed by atoms with van der Waals surface area (Å²) in [5.74, 6) is -1.95. The Morgan fingerprint density at radius 3 is 2.14 bits per heavy atom. The van der Waals surface area contributed by atoms with Crippen LogP contribution >= 0.6 is 11.6 Å². The fraction of sp³-hybridized carbons (Fsp3) is 0.143. The first kappa shape index (κ1) is 25.7. The van der Waals surface area contributed by atoms with E-state index in [0.29, 0.717) is 28.2 Å². The van der Waals surface area contributed by atoms with E-state index in [2.05, 4.69) is 10.6 Å². The highest BCUT2D eigenvalue weighted by Crippen LogP contribution is 2.32. The van der Waals surface area contributed by atoms with Crippen LogP contribution in [0.4, 0.5) is 17.1 Å². The molecule has 0 saturated carbocycles. The number of hydrogen-bond donors (Lipinski definition) is 2. The minimum absolute atomic E-state index is 0.0357. The van der Waals surface area contributed by atoms with Crippen LogP contribution in [-0.4, -0.2) is 30.3 Å². The molecule has 0 atom stereocenters. The lowest BCUT2D eigenvalue weighted by Crippen LogP contribution is -2.32. The van der Waals surface area contributed by atoms with Crippen LogP contribution in [0.3, 0.4) is 0 Å². The highest BCUT2D eigenvalue weighted by Gasteiger charge is 2.39. The van der Waals surface area contributed by atoms with E-state index in [1.807, 2.05) is 26.0 Å². The van der Waals surface area contributed by atoms with Gasteiger partial charge in [0.25, 0.3) is 17.7 Å². The van der Waals surface area contributed by atoms with Crippen molar-refractivity contribution in [1.82, 2.24) is 0 Å². The molecule has 3 amide bonds. The van der Waals surface area contributed by atoms with Crippen molar-refractivity contribution in [3.63, 3.8) is 0 Å². The van der Waals surface area contributed by atoms with Crippen molar-refractivity contribution >= 4 is 52.4 Å². The minimum atomic E-state index is -0.604. The fourth-order valence-electron chi connectivity index (χ4n) is 3.75.